The zero-order valence-corrected chi connectivity index (χ0v) is 13.9. The number of carbonyl (C=O) groups excluding carboxylic acids is 3. The molecule has 0 radical (unpaired) electrons. The molecule has 0 spiro atoms. The molecule has 0 saturated heterocycles. The van der Waals surface area contributed by atoms with E-state index in [1.807, 2.05) is 0 Å². The van der Waals surface area contributed by atoms with Crippen LogP contribution in [0, 0.1) is 19.7 Å². The summed E-state index contributed by atoms with van der Waals surface area (Å²) in [5.74, 6) is -1.95. The number of Topliss-reactive ketones (excluding diaryl/α,β-unsaturated/α-hetero) is 2. The number of nitrogens with one attached hydrogen (secondary N) is 1. The van der Waals surface area contributed by atoms with E-state index in [4.69, 9.17) is 4.74 Å². The van der Waals surface area contributed by atoms with Gasteiger partial charge in [-0.05, 0) is 51.5 Å². The molecule has 1 aromatic heterocycles. The molecule has 6 heteroatoms. The van der Waals surface area contributed by atoms with Gasteiger partial charge in [0.05, 0.1) is 11.3 Å². The highest BCUT2D eigenvalue weighted by Gasteiger charge is 2.26. The summed E-state index contributed by atoms with van der Waals surface area (Å²) in [6, 6.07) is 5.04. The maximum atomic E-state index is 13.2. The number of aromatic amines is 1. The minimum Gasteiger partial charge on any atom is -0.451 e. The van der Waals surface area contributed by atoms with Gasteiger partial charge in [-0.25, -0.2) is 9.18 Å². The summed E-state index contributed by atoms with van der Waals surface area (Å²) in [4.78, 5) is 39.0. The van der Waals surface area contributed by atoms with E-state index in [1.54, 1.807) is 13.8 Å². The van der Waals surface area contributed by atoms with Crippen LogP contribution >= 0.6 is 0 Å². The number of esters is 1. The predicted molar refractivity (Wildman–Crippen MR) is 85.9 cm³/mol. The van der Waals surface area contributed by atoms with E-state index in [9.17, 15) is 18.8 Å². The van der Waals surface area contributed by atoms with Crippen LogP contribution in [0.25, 0.3) is 0 Å². The molecule has 1 unspecified atom stereocenters. The van der Waals surface area contributed by atoms with Crippen molar-refractivity contribution in [2.45, 2.75) is 33.8 Å². The maximum absolute atomic E-state index is 13.2. The van der Waals surface area contributed by atoms with E-state index < -0.39 is 23.7 Å². The predicted octanol–water partition coefficient (Wildman–Crippen LogP) is 3.40. The largest absolute Gasteiger partial charge is 0.451 e. The molecule has 24 heavy (non-hydrogen) atoms. The fraction of sp³-hybridized carbons (Fsp3) is 0.278. The highest BCUT2D eigenvalue weighted by molar-refractivity contribution is 6.05. The summed E-state index contributed by atoms with van der Waals surface area (Å²) in [5, 5.41) is 0. The minimum absolute atomic E-state index is 0.0264. The number of hydrogen-bond acceptors (Lipinski definition) is 4. The van der Waals surface area contributed by atoms with E-state index in [0.29, 0.717) is 16.8 Å². The van der Waals surface area contributed by atoms with Crippen molar-refractivity contribution in [1.29, 1.82) is 0 Å². The second-order valence-corrected chi connectivity index (χ2v) is 5.60. The van der Waals surface area contributed by atoms with Crippen molar-refractivity contribution in [3.8, 4) is 0 Å². The van der Waals surface area contributed by atoms with Crippen molar-refractivity contribution < 1.29 is 23.5 Å². The van der Waals surface area contributed by atoms with E-state index in [0.717, 1.165) is 6.07 Å². The van der Waals surface area contributed by atoms with E-state index >= 15 is 0 Å². The second-order valence-electron chi connectivity index (χ2n) is 5.60. The van der Waals surface area contributed by atoms with Gasteiger partial charge in [-0.15, -0.1) is 0 Å². The van der Waals surface area contributed by atoms with Crippen molar-refractivity contribution in [3.05, 3.63) is 58.2 Å². The van der Waals surface area contributed by atoms with E-state index in [-0.39, 0.29) is 17.0 Å². The summed E-state index contributed by atoms with van der Waals surface area (Å²) in [7, 11) is 0. The van der Waals surface area contributed by atoms with Gasteiger partial charge in [0, 0.05) is 11.3 Å². The smallest absolute Gasteiger partial charge is 0.338 e. The Morgan fingerprint density at radius 2 is 1.88 bits per heavy atom. The number of benzene rings is 1. The van der Waals surface area contributed by atoms with Crippen molar-refractivity contribution in [3.63, 3.8) is 0 Å². The third-order valence-corrected chi connectivity index (χ3v) is 3.75. The van der Waals surface area contributed by atoms with Gasteiger partial charge < -0.3 is 9.72 Å². The molecular formula is C18H18FNO4. The number of rotatable bonds is 5. The van der Waals surface area contributed by atoms with Gasteiger partial charge in [-0.3, -0.25) is 9.59 Å². The van der Waals surface area contributed by atoms with Crippen molar-refractivity contribution >= 4 is 17.5 Å². The normalized spacial score (nSPS) is 11.9. The van der Waals surface area contributed by atoms with Gasteiger partial charge in [-0.1, -0.05) is 6.07 Å². The molecule has 0 bridgehead atoms. The number of carbonyl (C=O) groups is 3. The lowest BCUT2D eigenvalue weighted by Crippen LogP contribution is -2.25. The summed E-state index contributed by atoms with van der Waals surface area (Å²) < 4.78 is 18.3. The third kappa shape index (κ3) is 3.42. The van der Waals surface area contributed by atoms with Crippen LogP contribution in [-0.4, -0.2) is 28.6 Å². The summed E-state index contributed by atoms with van der Waals surface area (Å²) in [6.45, 7) is 6.21. The van der Waals surface area contributed by atoms with E-state index in [2.05, 4.69) is 4.98 Å². The molecular weight excluding hydrogens is 313 g/mol. The standard InChI is InChI=1S/C18H18FNO4/c1-9-15(11(3)21)10(2)20-16(9)17(22)12(4)24-18(23)13-6-5-7-14(19)8-13/h5-8,12,20H,1-4H3. The first kappa shape index (κ1) is 17.6. The molecule has 1 atom stereocenters. The van der Waals surface area contributed by atoms with Crippen molar-refractivity contribution in [2.75, 3.05) is 0 Å². The summed E-state index contributed by atoms with van der Waals surface area (Å²) in [6.07, 6.45) is -1.07. The first-order valence-electron chi connectivity index (χ1n) is 7.43. The van der Waals surface area contributed by atoms with Crippen LogP contribution < -0.4 is 0 Å². The Kier molecular flexibility index (Phi) is 4.97. The van der Waals surface area contributed by atoms with Gasteiger partial charge in [-0.2, -0.15) is 0 Å². The average Bonchev–Trinajstić information content (AvgIpc) is 2.81. The molecule has 5 nitrogen and oxygen atoms in total. The lowest BCUT2D eigenvalue weighted by atomic mass is 10.0. The SMILES string of the molecule is CC(=O)c1c(C)[nH]c(C(=O)C(C)OC(=O)c2cccc(F)c2)c1C. The monoisotopic (exact) mass is 331 g/mol. The van der Waals surface area contributed by atoms with Crippen molar-refractivity contribution in [1.82, 2.24) is 4.98 Å². The van der Waals surface area contributed by atoms with Gasteiger partial charge in [0.25, 0.3) is 0 Å². The summed E-state index contributed by atoms with van der Waals surface area (Å²) in [5.41, 5.74) is 1.84. The zero-order chi connectivity index (χ0) is 18.0. The topological polar surface area (TPSA) is 76.2 Å². The van der Waals surface area contributed by atoms with E-state index in [1.165, 1.54) is 32.0 Å². The molecule has 0 aliphatic rings. The number of aryl methyl sites for hydroxylation is 1. The zero-order valence-electron chi connectivity index (χ0n) is 13.9. The van der Waals surface area contributed by atoms with Crippen LogP contribution in [0.1, 0.15) is 56.3 Å². The lowest BCUT2D eigenvalue weighted by molar-refractivity contribution is 0.0316. The van der Waals surface area contributed by atoms with Crippen LogP contribution in [0.4, 0.5) is 4.39 Å². The van der Waals surface area contributed by atoms with Crippen LogP contribution in [0.2, 0.25) is 0 Å². The number of ketones is 2. The fourth-order valence-electron chi connectivity index (χ4n) is 2.63. The molecule has 0 amide bonds. The van der Waals surface area contributed by atoms with Crippen LogP contribution in [0.15, 0.2) is 24.3 Å². The molecule has 1 N–H and O–H groups in total. The summed E-state index contributed by atoms with van der Waals surface area (Å²) >= 11 is 0. The molecule has 0 saturated carbocycles. The molecule has 0 aliphatic heterocycles. The first-order valence-corrected chi connectivity index (χ1v) is 7.43. The molecule has 0 aliphatic carbocycles. The third-order valence-electron chi connectivity index (χ3n) is 3.75. The van der Waals surface area contributed by atoms with Gasteiger partial charge in [0.2, 0.25) is 5.78 Å². The van der Waals surface area contributed by atoms with Crippen molar-refractivity contribution in [2.24, 2.45) is 0 Å². The molecule has 0 fully saturated rings. The number of halogens is 1. The number of hydrogen-bond donors (Lipinski definition) is 1. The number of ether oxygens (including phenoxy) is 1. The average molecular weight is 331 g/mol. The molecule has 1 aromatic carbocycles. The Hall–Kier alpha value is -2.76. The first-order chi connectivity index (χ1) is 11.2. The number of H-pyrrole nitrogens is 1. The Balaban J connectivity index is 2.20. The van der Waals surface area contributed by atoms with Crippen LogP contribution in [-0.2, 0) is 4.74 Å². The Labute approximate surface area is 138 Å². The van der Waals surface area contributed by atoms with Gasteiger partial charge in [0.15, 0.2) is 11.9 Å². The lowest BCUT2D eigenvalue weighted by Gasteiger charge is -2.12. The maximum Gasteiger partial charge on any atom is 0.338 e. The van der Waals surface area contributed by atoms with Gasteiger partial charge in [0.1, 0.15) is 5.82 Å². The second kappa shape index (κ2) is 6.78. The highest BCUT2D eigenvalue weighted by Crippen LogP contribution is 2.20. The van der Waals surface area contributed by atoms with Crippen LogP contribution in [0.3, 0.4) is 0 Å². The molecule has 2 aromatic rings. The fourth-order valence-corrected chi connectivity index (χ4v) is 2.63. The minimum atomic E-state index is -1.07. The quantitative estimate of drug-likeness (QED) is 0.673. The number of aromatic nitrogens is 1. The molecule has 126 valence electrons. The molecule has 1 heterocycles. The molecule has 2 rings (SSSR count). The van der Waals surface area contributed by atoms with Gasteiger partial charge >= 0.3 is 5.97 Å². The Morgan fingerprint density at radius 1 is 1.21 bits per heavy atom. The van der Waals surface area contributed by atoms with Crippen LogP contribution in [0.5, 0.6) is 0 Å². The highest BCUT2D eigenvalue weighted by atomic mass is 19.1. The Morgan fingerprint density at radius 3 is 2.42 bits per heavy atom. The Bertz CT molecular complexity index is 822.